The van der Waals surface area contributed by atoms with E-state index in [9.17, 15) is 4.79 Å². The smallest absolute Gasteiger partial charge is 0.229 e. The van der Waals surface area contributed by atoms with Crippen molar-refractivity contribution in [1.29, 1.82) is 0 Å². The largest absolute Gasteiger partial charge is 0.494 e. The number of hydrogen-bond donors (Lipinski definition) is 2. The molecule has 0 atom stereocenters. The summed E-state index contributed by atoms with van der Waals surface area (Å²) in [5, 5.41) is 3.28. The van der Waals surface area contributed by atoms with E-state index in [4.69, 9.17) is 9.72 Å². The lowest BCUT2D eigenvalue weighted by atomic mass is 10.1. The van der Waals surface area contributed by atoms with Crippen LogP contribution in [0.1, 0.15) is 56.7 Å². The summed E-state index contributed by atoms with van der Waals surface area (Å²) in [5.41, 5.74) is 4.46. The van der Waals surface area contributed by atoms with E-state index < -0.39 is 0 Å². The normalized spacial score (nSPS) is 11.0. The molecule has 2 aromatic carbocycles. The Morgan fingerprint density at radius 1 is 0.971 bits per heavy atom. The highest BCUT2D eigenvalue weighted by Crippen LogP contribution is 2.22. The third kappa shape index (κ3) is 6.63. The number of rotatable bonds is 13. The molecule has 7 nitrogen and oxygen atoms in total. The summed E-state index contributed by atoms with van der Waals surface area (Å²) in [5.74, 6) is 1.70. The number of benzene rings is 2. The zero-order chi connectivity index (χ0) is 23.6. The maximum absolute atomic E-state index is 11.3. The molecule has 0 spiro atoms. The number of ketones is 1. The average molecular weight is 458 g/mol. The van der Waals surface area contributed by atoms with E-state index in [0.717, 1.165) is 48.3 Å². The average Bonchev–Trinajstić information content (AvgIpc) is 3.34. The van der Waals surface area contributed by atoms with Gasteiger partial charge >= 0.3 is 0 Å². The van der Waals surface area contributed by atoms with Gasteiger partial charge in [-0.2, -0.15) is 4.98 Å². The van der Waals surface area contributed by atoms with E-state index in [-0.39, 0.29) is 0 Å². The van der Waals surface area contributed by atoms with E-state index in [0.29, 0.717) is 43.2 Å². The molecule has 2 N–H and O–H groups in total. The van der Waals surface area contributed by atoms with Gasteiger partial charge in [0.05, 0.1) is 18.6 Å². The zero-order valence-corrected chi connectivity index (χ0v) is 19.6. The maximum Gasteiger partial charge on any atom is 0.229 e. The Hall–Kier alpha value is -3.74. The predicted octanol–water partition coefficient (Wildman–Crippen LogP) is 6.00. The number of carbonyl (C=O) groups is 1. The number of aromatic nitrogens is 4. The molecule has 0 aliphatic rings. The van der Waals surface area contributed by atoms with Crippen LogP contribution in [-0.4, -0.2) is 32.3 Å². The van der Waals surface area contributed by atoms with Crippen LogP contribution in [0.2, 0.25) is 0 Å². The van der Waals surface area contributed by atoms with Gasteiger partial charge in [-0.05, 0) is 42.7 Å². The number of fused-ring (bicyclic) bond motifs is 1. The molecule has 0 fully saturated rings. The number of anilines is 2. The fraction of sp³-hybridized carbons (Fsp3) is 0.333. The van der Waals surface area contributed by atoms with E-state index in [2.05, 4.69) is 32.4 Å². The fourth-order valence-electron chi connectivity index (χ4n) is 3.77. The van der Waals surface area contributed by atoms with Crippen molar-refractivity contribution >= 4 is 28.6 Å². The first-order valence-electron chi connectivity index (χ1n) is 12.0. The number of nitrogens with zero attached hydrogens (tertiary/aromatic N) is 3. The van der Waals surface area contributed by atoms with Crippen molar-refractivity contribution < 1.29 is 9.53 Å². The summed E-state index contributed by atoms with van der Waals surface area (Å²) in [7, 11) is 0. The van der Waals surface area contributed by atoms with Crippen molar-refractivity contribution in [3.05, 3.63) is 72.2 Å². The summed E-state index contributed by atoms with van der Waals surface area (Å²) >= 11 is 0. The number of aromatic amines is 1. The topological polar surface area (TPSA) is 92.8 Å². The molecular weight excluding hydrogens is 426 g/mol. The minimum Gasteiger partial charge on any atom is -0.494 e. The van der Waals surface area contributed by atoms with Gasteiger partial charge in [0.2, 0.25) is 5.95 Å². The van der Waals surface area contributed by atoms with Gasteiger partial charge in [0, 0.05) is 24.9 Å². The molecule has 7 heteroatoms. The number of H-pyrrole nitrogens is 1. The van der Waals surface area contributed by atoms with Crippen LogP contribution in [0.15, 0.2) is 60.9 Å². The van der Waals surface area contributed by atoms with Crippen molar-refractivity contribution in [3.63, 3.8) is 0 Å². The standard InChI is InChI=1S/C27H31N5O2/c1-2-22(33)12-8-3-4-9-17-34-23-15-13-21(14-16-23)30-27-31-24(18-20-10-6-5-7-11-20)25-26(32-27)29-19-28-25/h5-7,10-11,13-16,19H,2-4,8-9,12,17-18H2,1H3,(H2,28,29,30,31,32). The Morgan fingerprint density at radius 3 is 2.56 bits per heavy atom. The van der Waals surface area contributed by atoms with Gasteiger partial charge in [0.15, 0.2) is 5.65 Å². The second-order valence-corrected chi connectivity index (χ2v) is 8.31. The van der Waals surface area contributed by atoms with Crippen LogP contribution in [0.3, 0.4) is 0 Å². The van der Waals surface area contributed by atoms with Crippen LogP contribution in [0.4, 0.5) is 11.6 Å². The molecule has 34 heavy (non-hydrogen) atoms. The SMILES string of the molecule is CCC(=O)CCCCCCOc1ccc(Nc2nc(Cc3ccccc3)c3[nH]cnc3n2)cc1. The zero-order valence-electron chi connectivity index (χ0n) is 19.6. The van der Waals surface area contributed by atoms with Gasteiger partial charge in [-0.3, -0.25) is 4.79 Å². The number of ether oxygens (including phenoxy) is 1. The molecule has 0 bridgehead atoms. The molecule has 0 aliphatic carbocycles. The molecule has 2 heterocycles. The summed E-state index contributed by atoms with van der Waals surface area (Å²) in [6.45, 7) is 2.60. The number of carbonyl (C=O) groups excluding carboxylic acids is 1. The van der Waals surface area contributed by atoms with Crippen molar-refractivity contribution in [2.45, 2.75) is 51.9 Å². The van der Waals surface area contributed by atoms with Crippen LogP contribution >= 0.6 is 0 Å². The summed E-state index contributed by atoms with van der Waals surface area (Å²) in [6.07, 6.45) is 7.81. The molecular formula is C27H31N5O2. The molecule has 0 saturated heterocycles. The Morgan fingerprint density at radius 2 is 1.76 bits per heavy atom. The minimum atomic E-state index is 0.354. The number of Topliss-reactive ketones (excluding diaryl/α,β-unsaturated/α-hetero) is 1. The van der Waals surface area contributed by atoms with Crippen LogP contribution in [0, 0.1) is 0 Å². The first-order chi connectivity index (χ1) is 16.7. The number of nitrogens with one attached hydrogen (secondary N) is 2. The predicted molar refractivity (Wildman–Crippen MR) is 135 cm³/mol. The molecule has 0 saturated carbocycles. The lowest BCUT2D eigenvalue weighted by Gasteiger charge is -2.10. The third-order valence-electron chi connectivity index (χ3n) is 5.70. The monoisotopic (exact) mass is 457 g/mol. The number of imidazole rings is 1. The van der Waals surface area contributed by atoms with Gasteiger partial charge in [-0.1, -0.05) is 50.1 Å². The second kappa shape index (κ2) is 11.9. The summed E-state index contributed by atoms with van der Waals surface area (Å²) in [6, 6.07) is 18.0. The summed E-state index contributed by atoms with van der Waals surface area (Å²) < 4.78 is 5.85. The summed E-state index contributed by atoms with van der Waals surface area (Å²) in [4.78, 5) is 28.1. The van der Waals surface area contributed by atoms with Crippen molar-refractivity contribution in [3.8, 4) is 5.75 Å². The van der Waals surface area contributed by atoms with E-state index in [1.807, 2.05) is 49.4 Å². The molecule has 0 unspecified atom stereocenters. The quantitative estimate of drug-likeness (QED) is 0.239. The number of unbranched alkanes of at least 4 members (excludes halogenated alkanes) is 3. The highest BCUT2D eigenvalue weighted by atomic mass is 16.5. The second-order valence-electron chi connectivity index (χ2n) is 8.31. The lowest BCUT2D eigenvalue weighted by Crippen LogP contribution is -2.03. The van der Waals surface area contributed by atoms with Gasteiger partial charge in [-0.15, -0.1) is 0 Å². The minimum absolute atomic E-state index is 0.354. The van der Waals surface area contributed by atoms with Crippen LogP contribution in [0.5, 0.6) is 5.75 Å². The number of hydrogen-bond acceptors (Lipinski definition) is 6. The van der Waals surface area contributed by atoms with Crippen molar-refractivity contribution in [2.24, 2.45) is 0 Å². The van der Waals surface area contributed by atoms with Gasteiger partial charge < -0.3 is 15.0 Å². The highest BCUT2D eigenvalue weighted by Gasteiger charge is 2.11. The first kappa shape index (κ1) is 23.4. The molecule has 0 aliphatic heterocycles. The molecule has 0 amide bonds. The lowest BCUT2D eigenvalue weighted by molar-refractivity contribution is -0.118. The van der Waals surface area contributed by atoms with Crippen LogP contribution in [-0.2, 0) is 11.2 Å². The highest BCUT2D eigenvalue weighted by molar-refractivity contribution is 5.78. The van der Waals surface area contributed by atoms with Gasteiger partial charge in [-0.25, -0.2) is 9.97 Å². The Labute approximate surface area is 200 Å². The molecule has 2 aromatic heterocycles. The van der Waals surface area contributed by atoms with Crippen LogP contribution < -0.4 is 10.1 Å². The van der Waals surface area contributed by atoms with Gasteiger partial charge in [0.1, 0.15) is 17.0 Å². The molecule has 4 rings (SSSR count). The maximum atomic E-state index is 11.3. The molecule has 0 radical (unpaired) electrons. The van der Waals surface area contributed by atoms with Crippen molar-refractivity contribution in [1.82, 2.24) is 19.9 Å². The van der Waals surface area contributed by atoms with Crippen molar-refractivity contribution in [2.75, 3.05) is 11.9 Å². The van der Waals surface area contributed by atoms with E-state index in [1.165, 1.54) is 5.56 Å². The Kier molecular flexibility index (Phi) is 8.22. The first-order valence-corrected chi connectivity index (χ1v) is 12.0. The van der Waals surface area contributed by atoms with E-state index >= 15 is 0 Å². The molecule has 176 valence electrons. The van der Waals surface area contributed by atoms with Gasteiger partial charge in [0.25, 0.3) is 0 Å². The third-order valence-corrected chi connectivity index (χ3v) is 5.70. The fourth-order valence-corrected chi connectivity index (χ4v) is 3.77. The van der Waals surface area contributed by atoms with Crippen LogP contribution in [0.25, 0.3) is 11.2 Å². The Bertz CT molecular complexity index is 1190. The van der Waals surface area contributed by atoms with E-state index in [1.54, 1.807) is 6.33 Å². The Balaban J connectivity index is 1.30. The molecule has 4 aromatic rings.